The van der Waals surface area contributed by atoms with Crippen molar-refractivity contribution in [2.45, 2.75) is 6.92 Å². The topological polar surface area (TPSA) is 91.0 Å². The van der Waals surface area contributed by atoms with Crippen molar-refractivity contribution >= 4 is 19.6 Å². The second-order valence-corrected chi connectivity index (χ2v) is 8.80. The Hall–Kier alpha value is 0.340. The van der Waals surface area contributed by atoms with E-state index >= 15 is 0 Å². The molecule has 2 atom stereocenters. The maximum absolute atomic E-state index is 11.6. The number of nitrogens with zero attached hydrogens (tertiary/aromatic N) is 1. The maximum atomic E-state index is 11.6. The Morgan fingerprint density at radius 1 is 1.23 bits per heavy atom. The van der Waals surface area contributed by atoms with Gasteiger partial charge in [0.2, 0.25) is 0 Å². The van der Waals surface area contributed by atoms with Gasteiger partial charge in [-0.2, -0.15) is 11.8 Å². The fourth-order valence-electron chi connectivity index (χ4n) is 1.38. The first-order chi connectivity index (χ1) is 10.2. The molecule has 0 heterocycles. The largest absolute Gasteiger partial charge is 0.472 e. The Morgan fingerprint density at radius 2 is 1.86 bits per heavy atom. The van der Waals surface area contributed by atoms with E-state index in [0.717, 1.165) is 11.5 Å². The number of phosphoric acid groups is 1. The van der Waals surface area contributed by atoms with Crippen LogP contribution in [0.15, 0.2) is 0 Å². The predicted octanol–water partition coefficient (Wildman–Crippen LogP) is 1.17. The second kappa shape index (κ2) is 11.8. The normalized spacial score (nSPS) is 16.5. The summed E-state index contributed by atoms with van der Waals surface area (Å²) in [4.78, 5) is 9.50. The van der Waals surface area contributed by atoms with Crippen LogP contribution in [0, 0.1) is 5.92 Å². The van der Waals surface area contributed by atoms with Crippen molar-refractivity contribution in [3.8, 4) is 0 Å². The Balaban J connectivity index is 3.62. The fraction of sp³-hybridized carbons (Fsp3) is 1.00. The highest BCUT2D eigenvalue weighted by Gasteiger charge is 2.22. The third-order valence-electron chi connectivity index (χ3n) is 2.57. The predicted molar refractivity (Wildman–Crippen MR) is 91.0 cm³/mol. The van der Waals surface area contributed by atoms with Crippen LogP contribution in [0.2, 0.25) is 0 Å². The number of nitrogens with two attached hydrogens (primary N) is 1. The summed E-state index contributed by atoms with van der Waals surface area (Å²) in [5.41, 5.74) is 5.42. The molecule has 0 saturated carbocycles. The summed E-state index contributed by atoms with van der Waals surface area (Å²) in [5.74, 6) is 2.36. The number of likely N-dealkylation sites (N-methyl/N-ethyl adjacent to an activating group) is 1. The van der Waals surface area contributed by atoms with Crippen LogP contribution in [0.4, 0.5) is 0 Å². The van der Waals surface area contributed by atoms with Gasteiger partial charge in [-0.3, -0.25) is 9.05 Å². The molecule has 0 aromatic carbocycles. The van der Waals surface area contributed by atoms with Crippen LogP contribution in [0.3, 0.4) is 0 Å². The molecule has 22 heavy (non-hydrogen) atoms. The van der Waals surface area contributed by atoms with E-state index in [-0.39, 0.29) is 19.8 Å². The summed E-state index contributed by atoms with van der Waals surface area (Å²) in [6, 6.07) is 0. The third kappa shape index (κ3) is 15.2. The van der Waals surface area contributed by atoms with E-state index in [1.165, 1.54) is 0 Å². The highest BCUT2D eigenvalue weighted by atomic mass is 32.2. The van der Waals surface area contributed by atoms with Gasteiger partial charge in [0.1, 0.15) is 13.2 Å². The zero-order valence-corrected chi connectivity index (χ0v) is 15.9. The molecule has 0 aliphatic heterocycles. The van der Waals surface area contributed by atoms with Crippen LogP contribution in [-0.4, -0.2) is 81.5 Å². The molecular formula is C13H32N2O5PS+. The minimum atomic E-state index is -3.97. The lowest BCUT2D eigenvalue weighted by atomic mass is 10.2. The van der Waals surface area contributed by atoms with Gasteiger partial charge in [-0.15, -0.1) is 0 Å². The van der Waals surface area contributed by atoms with Crippen LogP contribution < -0.4 is 5.73 Å². The van der Waals surface area contributed by atoms with E-state index < -0.39 is 7.82 Å². The van der Waals surface area contributed by atoms with Crippen molar-refractivity contribution in [1.82, 2.24) is 0 Å². The zero-order chi connectivity index (χ0) is 17.1. The molecule has 134 valence electrons. The zero-order valence-electron chi connectivity index (χ0n) is 14.2. The first-order valence-electron chi connectivity index (χ1n) is 7.44. The van der Waals surface area contributed by atoms with Crippen LogP contribution in [0.5, 0.6) is 0 Å². The first kappa shape index (κ1) is 22.3. The van der Waals surface area contributed by atoms with Crippen molar-refractivity contribution in [3.05, 3.63) is 0 Å². The minimum absolute atomic E-state index is 0.0425. The Labute approximate surface area is 138 Å². The van der Waals surface area contributed by atoms with E-state index in [9.17, 15) is 9.46 Å². The number of hydrogen-bond acceptors (Lipinski definition) is 6. The average Bonchev–Trinajstić information content (AvgIpc) is 2.36. The minimum Gasteiger partial charge on any atom is -0.379 e. The third-order valence-corrected chi connectivity index (χ3v) is 4.91. The van der Waals surface area contributed by atoms with E-state index in [4.69, 9.17) is 19.5 Å². The summed E-state index contributed by atoms with van der Waals surface area (Å²) in [5, 5.41) is 0. The lowest BCUT2D eigenvalue weighted by molar-refractivity contribution is -0.870. The van der Waals surface area contributed by atoms with Gasteiger partial charge in [0.25, 0.3) is 0 Å². The Bertz CT molecular complexity index is 328. The van der Waals surface area contributed by atoms with Gasteiger partial charge in [0.05, 0.1) is 41.0 Å². The number of quaternary nitrogens is 1. The van der Waals surface area contributed by atoms with Gasteiger partial charge < -0.3 is 19.8 Å². The van der Waals surface area contributed by atoms with Crippen LogP contribution >= 0.6 is 19.6 Å². The summed E-state index contributed by atoms with van der Waals surface area (Å²) in [7, 11) is 1.97. The van der Waals surface area contributed by atoms with Crippen molar-refractivity contribution in [1.29, 1.82) is 0 Å². The van der Waals surface area contributed by atoms with Gasteiger partial charge in [-0.1, -0.05) is 6.92 Å². The standard InChI is InChI=1S/C13H31N2O5PS/c1-13(12-22-10-5-14)11-18-8-9-20-21(16,17)19-7-6-15(2,3)4/h13H,5-12,14H2,1-4H3/p+1. The van der Waals surface area contributed by atoms with E-state index in [2.05, 4.69) is 6.92 Å². The molecule has 0 amide bonds. The van der Waals surface area contributed by atoms with Crippen LogP contribution in [0.1, 0.15) is 6.92 Å². The number of rotatable bonds is 14. The van der Waals surface area contributed by atoms with Crippen molar-refractivity contribution < 1.29 is 27.7 Å². The Morgan fingerprint density at radius 3 is 2.45 bits per heavy atom. The van der Waals surface area contributed by atoms with Gasteiger partial charge in [0.15, 0.2) is 0 Å². The summed E-state index contributed by atoms with van der Waals surface area (Å²) >= 11 is 1.80. The molecule has 0 bridgehead atoms. The molecule has 0 saturated heterocycles. The fourth-order valence-corrected chi connectivity index (χ4v) is 2.90. The highest BCUT2D eigenvalue weighted by Crippen LogP contribution is 2.42. The van der Waals surface area contributed by atoms with Gasteiger partial charge in [0, 0.05) is 12.3 Å². The van der Waals surface area contributed by atoms with Crippen molar-refractivity contribution in [3.63, 3.8) is 0 Å². The van der Waals surface area contributed by atoms with Crippen LogP contribution in [0.25, 0.3) is 0 Å². The lowest BCUT2D eigenvalue weighted by Gasteiger charge is -2.24. The average molecular weight is 359 g/mol. The summed E-state index contributed by atoms with van der Waals surface area (Å²) < 4.78 is 27.4. The molecule has 0 rings (SSSR count). The molecule has 0 aromatic rings. The molecule has 0 aromatic heterocycles. The molecule has 0 radical (unpaired) electrons. The smallest absolute Gasteiger partial charge is 0.379 e. The quantitative estimate of drug-likeness (QED) is 0.273. The second-order valence-electron chi connectivity index (χ2n) is 6.19. The number of phosphoric ester groups is 1. The highest BCUT2D eigenvalue weighted by molar-refractivity contribution is 7.99. The van der Waals surface area contributed by atoms with Crippen molar-refractivity contribution in [2.75, 3.05) is 72.2 Å². The lowest BCUT2D eigenvalue weighted by Crippen LogP contribution is -2.37. The van der Waals surface area contributed by atoms with Gasteiger partial charge in [-0.05, 0) is 11.7 Å². The van der Waals surface area contributed by atoms with Crippen LogP contribution in [-0.2, 0) is 18.3 Å². The number of thioether (sulfide) groups is 1. The molecule has 0 fully saturated rings. The maximum Gasteiger partial charge on any atom is 0.472 e. The molecule has 0 aliphatic rings. The SMILES string of the molecule is CC(COCCOP(=O)(O)OCC[N+](C)(C)C)CSCCN. The number of hydrogen-bond donors (Lipinski definition) is 2. The van der Waals surface area contributed by atoms with E-state index in [1.54, 1.807) is 11.8 Å². The molecule has 3 N–H and O–H groups in total. The molecule has 7 nitrogen and oxygen atoms in total. The number of ether oxygens (including phenoxy) is 1. The first-order valence-corrected chi connectivity index (χ1v) is 10.1. The summed E-state index contributed by atoms with van der Waals surface area (Å²) in [6.45, 7) is 4.49. The van der Waals surface area contributed by atoms with Gasteiger partial charge >= 0.3 is 7.82 Å². The molecule has 9 heteroatoms. The Kier molecular flexibility index (Phi) is 12.0. The van der Waals surface area contributed by atoms with Crippen molar-refractivity contribution in [2.24, 2.45) is 11.7 Å². The van der Waals surface area contributed by atoms with E-state index in [0.29, 0.717) is 30.1 Å². The molecule has 0 spiro atoms. The molecular weight excluding hydrogens is 327 g/mol. The molecule has 2 unspecified atom stereocenters. The monoisotopic (exact) mass is 359 g/mol. The summed E-state index contributed by atoms with van der Waals surface area (Å²) in [6.07, 6.45) is 0. The van der Waals surface area contributed by atoms with Gasteiger partial charge in [-0.25, -0.2) is 4.57 Å². The van der Waals surface area contributed by atoms with E-state index in [1.807, 2.05) is 21.1 Å². The molecule has 0 aliphatic carbocycles.